The van der Waals surface area contributed by atoms with Crippen molar-refractivity contribution in [2.75, 3.05) is 11.9 Å². The Morgan fingerprint density at radius 1 is 1.35 bits per heavy atom. The summed E-state index contributed by atoms with van der Waals surface area (Å²) in [6, 6.07) is 3.07. The zero-order valence-electron chi connectivity index (χ0n) is 10.8. The van der Waals surface area contributed by atoms with Crippen LogP contribution in [-0.4, -0.2) is 21.8 Å². The second kappa shape index (κ2) is 5.28. The molecule has 0 atom stereocenters. The molecule has 1 heterocycles. The van der Waals surface area contributed by atoms with Crippen LogP contribution >= 0.6 is 0 Å². The molecular formula is C13H14N4O3. The minimum Gasteiger partial charge on any atom is -0.383 e. The van der Waals surface area contributed by atoms with Gasteiger partial charge in [-0.3, -0.25) is 10.1 Å². The Labute approximate surface area is 114 Å². The summed E-state index contributed by atoms with van der Waals surface area (Å²) in [5.74, 6) is 0. The van der Waals surface area contributed by atoms with Crippen LogP contribution in [0.4, 0.5) is 11.4 Å². The molecule has 7 nitrogen and oxygen atoms in total. The van der Waals surface area contributed by atoms with Crippen molar-refractivity contribution in [3.05, 3.63) is 33.9 Å². The van der Waals surface area contributed by atoms with E-state index < -0.39 is 4.92 Å². The Morgan fingerprint density at radius 2 is 2.20 bits per heavy atom. The van der Waals surface area contributed by atoms with Gasteiger partial charge >= 0.3 is 5.69 Å². The first-order valence-electron chi connectivity index (χ1n) is 6.57. The van der Waals surface area contributed by atoms with Crippen LogP contribution < -0.4 is 5.32 Å². The maximum Gasteiger partial charge on any atom is 0.300 e. The highest BCUT2D eigenvalue weighted by Crippen LogP contribution is 2.29. The summed E-state index contributed by atoms with van der Waals surface area (Å²) in [7, 11) is 0. The van der Waals surface area contributed by atoms with Crippen LogP contribution in [0.15, 0.2) is 28.4 Å². The number of aromatic nitrogens is 2. The monoisotopic (exact) mass is 274 g/mol. The molecule has 0 unspecified atom stereocenters. The third-order valence-corrected chi connectivity index (χ3v) is 3.49. The SMILES string of the molecule is O=[N+]([O-])c1ccc(NCCC2=CCCC2)c2nonc12. The molecule has 2 aromatic rings. The molecular weight excluding hydrogens is 260 g/mol. The number of fused-ring (bicyclic) bond motifs is 1. The molecule has 1 aliphatic carbocycles. The van der Waals surface area contributed by atoms with Crippen molar-refractivity contribution in [1.29, 1.82) is 0 Å². The number of non-ortho nitro benzene ring substituents is 1. The fraction of sp³-hybridized carbons (Fsp3) is 0.385. The second-order valence-electron chi connectivity index (χ2n) is 4.78. The highest BCUT2D eigenvalue weighted by atomic mass is 16.6. The van der Waals surface area contributed by atoms with Gasteiger partial charge in [0, 0.05) is 12.6 Å². The summed E-state index contributed by atoms with van der Waals surface area (Å²) < 4.78 is 4.62. The molecule has 1 aromatic heterocycles. The average Bonchev–Trinajstić information content (AvgIpc) is 3.09. The molecule has 0 aliphatic heterocycles. The zero-order chi connectivity index (χ0) is 13.9. The lowest BCUT2D eigenvalue weighted by atomic mass is 10.1. The van der Waals surface area contributed by atoms with Gasteiger partial charge in [-0.15, -0.1) is 0 Å². The van der Waals surface area contributed by atoms with E-state index in [2.05, 4.69) is 26.3 Å². The van der Waals surface area contributed by atoms with Crippen LogP contribution in [0.1, 0.15) is 25.7 Å². The van der Waals surface area contributed by atoms with Crippen molar-refractivity contribution >= 4 is 22.4 Å². The number of rotatable bonds is 5. The molecule has 0 saturated heterocycles. The molecule has 20 heavy (non-hydrogen) atoms. The first-order valence-corrected chi connectivity index (χ1v) is 6.57. The first kappa shape index (κ1) is 12.6. The second-order valence-corrected chi connectivity index (χ2v) is 4.78. The number of nitrogens with zero attached hydrogens (tertiary/aromatic N) is 3. The molecule has 3 rings (SSSR count). The van der Waals surface area contributed by atoms with Gasteiger partial charge in [-0.05, 0) is 42.1 Å². The van der Waals surface area contributed by atoms with Gasteiger partial charge in [-0.1, -0.05) is 11.6 Å². The number of benzene rings is 1. The van der Waals surface area contributed by atoms with Crippen LogP contribution in [0.3, 0.4) is 0 Å². The number of nitrogens with one attached hydrogen (secondary N) is 1. The van der Waals surface area contributed by atoms with E-state index in [1.807, 2.05) is 0 Å². The van der Waals surface area contributed by atoms with Gasteiger partial charge in [-0.2, -0.15) is 0 Å². The Hall–Kier alpha value is -2.44. The van der Waals surface area contributed by atoms with Gasteiger partial charge < -0.3 is 5.32 Å². The van der Waals surface area contributed by atoms with Crippen molar-refractivity contribution in [3.8, 4) is 0 Å². The lowest BCUT2D eigenvalue weighted by molar-refractivity contribution is -0.383. The Morgan fingerprint density at radius 3 is 2.95 bits per heavy atom. The van der Waals surface area contributed by atoms with Gasteiger partial charge in [0.15, 0.2) is 5.52 Å². The van der Waals surface area contributed by atoms with E-state index in [4.69, 9.17) is 0 Å². The smallest absolute Gasteiger partial charge is 0.300 e. The molecule has 0 saturated carbocycles. The summed E-state index contributed by atoms with van der Waals surface area (Å²) in [5, 5.41) is 21.5. The van der Waals surface area contributed by atoms with Gasteiger partial charge in [0.1, 0.15) is 0 Å². The van der Waals surface area contributed by atoms with Crippen molar-refractivity contribution in [1.82, 2.24) is 10.3 Å². The number of anilines is 1. The lowest BCUT2D eigenvalue weighted by Gasteiger charge is -2.06. The minimum absolute atomic E-state index is 0.0923. The normalized spacial score (nSPS) is 14.5. The number of hydrogen-bond acceptors (Lipinski definition) is 6. The number of allylic oxidation sites excluding steroid dienone is 1. The van der Waals surface area contributed by atoms with E-state index in [1.54, 1.807) is 6.07 Å². The van der Waals surface area contributed by atoms with Crippen molar-refractivity contribution in [2.45, 2.75) is 25.7 Å². The van der Waals surface area contributed by atoms with Gasteiger partial charge in [0.05, 0.1) is 10.6 Å². The fourth-order valence-corrected chi connectivity index (χ4v) is 2.47. The molecule has 0 fully saturated rings. The van der Waals surface area contributed by atoms with E-state index in [0.29, 0.717) is 11.2 Å². The predicted octanol–water partition coefficient (Wildman–Crippen LogP) is 3.04. The van der Waals surface area contributed by atoms with Crippen molar-refractivity contribution in [2.24, 2.45) is 0 Å². The summed E-state index contributed by atoms with van der Waals surface area (Å²) in [4.78, 5) is 10.4. The number of nitro groups is 1. The van der Waals surface area contributed by atoms with Crippen LogP contribution in [-0.2, 0) is 0 Å². The van der Waals surface area contributed by atoms with E-state index in [9.17, 15) is 10.1 Å². The van der Waals surface area contributed by atoms with E-state index in [-0.39, 0.29) is 11.2 Å². The van der Waals surface area contributed by atoms with Crippen molar-refractivity contribution in [3.63, 3.8) is 0 Å². The predicted molar refractivity (Wildman–Crippen MR) is 73.5 cm³/mol. The summed E-state index contributed by atoms with van der Waals surface area (Å²) in [6.45, 7) is 0.769. The Kier molecular flexibility index (Phi) is 3.32. The minimum atomic E-state index is -0.486. The zero-order valence-corrected chi connectivity index (χ0v) is 10.8. The van der Waals surface area contributed by atoms with E-state index in [1.165, 1.54) is 30.9 Å². The third kappa shape index (κ3) is 2.34. The third-order valence-electron chi connectivity index (χ3n) is 3.49. The molecule has 0 bridgehead atoms. The summed E-state index contributed by atoms with van der Waals surface area (Å²) in [5.41, 5.74) is 2.67. The Balaban J connectivity index is 1.76. The number of hydrogen-bond donors (Lipinski definition) is 1. The summed E-state index contributed by atoms with van der Waals surface area (Å²) in [6.07, 6.45) is 6.84. The molecule has 104 valence electrons. The summed E-state index contributed by atoms with van der Waals surface area (Å²) >= 11 is 0. The molecule has 1 aromatic carbocycles. The number of nitro benzene ring substituents is 1. The molecule has 0 radical (unpaired) electrons. The average molecular weight is 274 g/mol. The highest BCUT2D eigenvalue weighted by molar-refractivity contribution is 5.93. The van der Waals surface area contributed by atoms with Gasteiger partial charge in [0.2, 0.25) is 5.52 Å². The fourth-order valence-electron chi connectivity index (χ4n) is 2.47. The quantitative estimate of drug-likeness (QED) is 0.511. The molecule has 0 spiro atoms. The maximum atomic E-state index is 10.9. The first-order chi connectivity index (χ1) is 9.75. The topological polar surface area (TPSA) is 94.1 Å². The molecule has 1 N–H and O–H groups in total. The standard InChI is InChI=1S/C13H14N4O3/c18-17(19)11-6-5-10(12-13(11)16-20-15-12)14-8-7-9-3-1-2-4-9/h3,5-6,14H,1-2,4,7-8H2. The van der Waals surface area contributed by atoms with Crippen LogP contribution in [0.2, 0.25) is 0 Å². The molecule has 0 amide bonds. The van der Waals surface area contributed by atoms with Crippen LogP contribution in [0.5, 0.6) is 0 Å². The molecule has 1 aliphatic rings. The van der Waals surface area contributed by atoms with Crippen LogP contribution in [0.25, 0.3) is 11.0 Å². The van der Waals surface area contributed by atoms with Gasteiger partial charge in [-0.25, -0.2) is 4.63 Å². The maximum absolute atomic E-state index is 10.9. The lowest BCUT2D eigenvalue weighted by Crippen LogP contribution is -2.03. The van der Waals surface area contributed by atoms with Crippen LogP contribution in [0, 0.1) is 10.1 Å². The molecule has 7 heteroatoms. The van der Waals surface area contributed by atoms with Gasteiger partial charge in [0.25, 0.3) is 0 Å². The highest BCUT2D eigenvalue weighted by Gasteiger charge is 2.19. The van der Waals surface area contributed by atoms with Crippen molar-refractivity contribution < 1.29 is 9.55 Å². The largest absolute Gasteiger partial charge is 0.383 e. The Bertz CT molecular complexity index is 677. The van der Waals surface area contributed by atoms with E-state index >= 15 is 0 Å². The van der Waals surface area contributed by atoms with E-state index in [0.717, 1.165) is 13.0 Å².